The number of aryl methyl sites for hydroxylation is 1. The summed E-state index contributed by atoms with van der Waals surface area (Å²) in [6.07, 6.45) is 8.18. The number of Topliss-reactive ketones (excluding diaryl/α,β-unsaturated/α-hetero) is 1. The topological polar surface area (TPSA) is 43.4 Å². The van der Waals surface area contributed by atoms with Gasteiger partial charge in [0.25, 0.3) is 0 Å². The summed E-state index contributed by atoms with van der Waals surface area (Å²) in [5.41, 5.74) is 3.12. The molecule has 0 saturated heterocycles. The van der Waals surface area contributed by atoms with Crippen LogP contribution < -0.4 is 0 Å². The number of allylic oxidation sites excluding steroid dienone is 2. The molecule has 0 saturated carbocycles. The predicted molar refractivity (Wildman–Crippen MR) is 82.7 cm³/mol. The van der Waals surface area contributed by atoms with E-state index in [1.807, 2.05) is 0 Å². The van der Waals surface area contributed by atoms with Gasteiger partial charge in [-0.3, -0.25) is 4.79 Å². The third-order valence-corrected chi connectivity index (χ3v) is 3.92. The molecular formula is C18H22O3. The largest absolute Gasteiger partial charge is 0.465 e. The highest BCUT2D eigenvalue weighted by Gasteiger charge is 2.22. The van der Waals surface area contributed by atoms with E-state index in [1.54, 1.807) is 18.2 Å². The number of rotatable bonds is 5. The molecule has 0 spiro atoms. The Hall–Kier alpha value is -1.90. The molecule has 1 aromatic carbocycles. The predicted octanol–water partition coefficient (Wildman–Crippen LogP) is 4.11. The molecule has 1 aliphatic carbocycles. The van der Waals surface area contributed by atoms with Crippen molar-refractivity contribution in [1.82, 2.24) is 0 Å². The van der Waals surface area contributed by atoms with Gasteiger partial charge in [-0.1, -0.05) is 25.8 Å². The van der Waals surface area contributed by atoms with E-state index in [2.05, 4.69) is 13.0 Å². The molecule has 3 heteroatoms. The van der Waals surface area contributed by atoms with E-state index in [9.17, 15) is 9.59 Å². The minimum atomic E-state index is -0.355. The van der Waals surface area contributed by atoms with Crippen molar-refractivity contribution in [1.29, 1.82) is 0 Å². The fourth-order valence-corrected chi connectivity index (χ4v) is 2.69. The summed E-state index contributed by atoms with van der Waals surface area (Å²) in [4.78, 5) is 24.0. The third-order valence-electron chi connectivity index (χ3n) is 3.92. The van der Waals surface area contributed by atoms with Crippen LogP contribution in [0.2, 0.25) is 0 Å². The first-order chi connectivity index (χ1) is 10.2. The third kappa shape index (κ3) is 3.60. The molecule has 0 aliphatic heterocycles. The lowest BCUT2D eigenvalue weighted by Gasteiger charge is -2.18. The van der Waals surface area contributed by atoms with Gasteiger partial charge in [0.15, 0.2) is 5.78 Å². The molecule has 0 fully saturated rings. The Morgan fingerprint density at radius 3 is 2.81 bits per heavy atom. The van der Waals surface area contributed by atoms with Crippen molar-refractivity contribution in [3.63, 3.8) is 0 Å². The Labute approximate surface area is 126 Å². The van der Waals surface area contributed by atoms with Crippen LogP contribution in [0.15, 0.2) is 29.8 Å². The summed E-state index contributed by atoms with van der Waals surface area (Å²) >= 11 is 0. The summed E-state index contributed by atoms with van der Waals surface area (Å²) in [6.45, 7) is 2.17. The van der Waals surface area contributed by atoms with Crippen molar-refractivity contribution < 1.29 is 14.3 Å². The zero-order valence-electron chi connectivity index (χ0n) is 12.8. The molecule has 2 rings (SSSR count). The van der Waals surface area contributed by atoms with Gasteiger partial charge in [-0.15, -0.1) is 0 Å². The van der Waals surface area contributed by atoms with Crippen molar-refractivity contribution in [3.8, 4) is 0 Å². The average molecular weight is 286 g/mol. The van der Waals surface area contributed by atoms with Gasteiger partial charge in [-0.05, 0) is 55.0 Å². The molecule has 0 radical (unpaired) electrons. The van der Waals surface area contributed by atoms with Gasteiger partial charge in [-0.2, -0.15) is 0 Å². The first-order valence-corrected chi connectivity index (χ1v) is 7.62. The maximum atomic E-state index is 12.4. The van der Waals surface area contributed by atoms with E-state index in [0.717, 1.165) is 42.4 Å². The van der Waals surface area contributed by atoms with Crippen LogP contribution in [0.4, 0.5) is 0 Å². The molecule has 0 N–H and O–H groups in total. The number of fused-ring (bicyclic) bond motifs is 1. The second kappa shape index (κ2) is 7.21. The molecule has 0 atom stereocenters. The van der Waals surface area contributed by atoms with Crippen molar-refractivity contribution in [3.05, 3.63) is 46.5 Å². The van der Waals surface area contributed by atoms with E-state index in [-0.39, 0.29) is 11.8 Å². The van der Waals surface area contributed by atoms with Crippen molar-refractivity contribution in [2.24, 2.45) is 0 Å². The number of ketones is 1. The van der Waals surface area contributed by atoms with Gasteiger partial charge in [0, 0.05) is 5.56 Å². The van der Waals surface area contributed by atoms with Crippen LogP contribution in [0.25, 0.3) is 0 Å². The second-order valence-corrected chi connectivity index (χ2v) is 5.42. The van der Waals surface area contributed by atoms with Crippen molar-refractivity contribution >= 4 is 11.8 Å². The highest BCUT2D eigenvalue weighted by molar-refractivity contribution is 6.11. The normalized spacial score (nSPS) is 15.9. The Balaban J connectivity index is 2.15. The summed E-state index contributed by atoms with van der Waals surface area (Å²) in [5.74, 6) is -0.240. The SMILES string of the molecule is CCCCC/C=C1\CCc2cc(C(=O)OC)ccc2C1=O. The Kier molecular flexibility index (Phi) is 5.32. The number of esters is 1. The fourth-order valence-electron chi connectivity index (χ4n) is 2.69. The number of benzene rings is 1. The van der Waals surface area contributed by atoms with E-state index < -0.39 is 0 Å². The molecule has 0 bridgehead atoms. The molecule has 0 unspecified atom stereocenters. The highest BCUT2D eigenvalue weighted by Crippen LogP contribution is 2.27. The monoisotopic (exact) mass is 286 g/mol. The van der Waals surface area contributed by atoms with E-state index in [0.29, 0.717) is 5.56 Å². The number of hydrogen-bond donors (Lipinski definition) is 0. The van der Waals surface area contributed by atoms with Gasteiger partial charge >= 0.3 is 5.97 Å². The van der Waals surface area contributed by atoms with E-state index in [4.69, 9.17) is 4.74 Å². The second-order valence-electron chi connectivity index (χ2n) is 5.42. The summed E-state index contributed by atoms with van der Waals surface area (Å²) in [5, 5.41) is 0. The van der Waals surface area contributed by atoms with Crippen LogP contribution in [-0.2, 0) is 11.2 Å². The van der Waals surface area contributed by atoms with Gasteiger partial charge in [0.05, 0.1) is 12.7 Å². The summed E-state index contributed by atoms with van der Waals surface area (Å²) in [7, 11) is 1.37. The number of methoxy groups -OCH3 is 1. The minimum Gasteiger partial charge on any atom is -0.465 e. The zero-order chi connectivity index (χ0) is 15.2. The molecule has 0 amide bonds. The van der Waals surface area contributed by atoms with Crippen LogP contribution in [0, 0.1) is 0 Å². The maximum absolute atomic E-state index is 12.4. The van der Waals surface area contributed by atoms with Gasteiger partial charge in [-0.25, -0.2) is 4.79 Å². The molecule has 1 aromatic rings. The van der Waals surface area contributed by atoms with Crippen LogP contribution in [0.5, 0.6) is 0 Å². The zero-order valence-corrected chi connectivity index (χ0v) is 12.8. The average Bonchev–Trinajstić information content (AvgIpc) is 2.52. The summed E-state index contributed by atoms with van der Waals surface area (Å²) in [6, 6.07) is 5.21. The molecule has 0 heterocycles. The van der Waals surface area contributed by atoms with Gasteiger partial charge < -0.3 is 4.74 Å². The Bertz CT molecular complexity index is 570. The number of carbonyl (C=O) groups excluding carboxylic acids is 2. The minimum absolute atomic E-state index is 0.115. The van der Waals surface area contributed by atoms with Crippen LogP contribution >= 0.6 is 0 Å². The number of hydrogen-bond acceptors (Lipinski definition) is 3. The molecule has 3 nitrogen and oxygen atoms in total. The fraction of sp³-hybridized carbons (Fsp3) is 0.444. The standard InChI is InChI=1S/C18H22O3/c1-3-4-5-6-7-13-8-9-14-12-15(18(20)21-2)10-11-16(14)17(13)19/h7,10-12H,3-6,8-9H2,1-2H3/b13-7+. The van der Waals surface area contributed by atoms with Gasteiger partial charge in [0.1, 0.15) is 0 Å². The number of ether oxygens (including phenoxy) is 1. The highest BCUT2D eigenvalue weighted by atomic mass is 16.5. The van der Waals surface area contributed by atoms with Crippen LogP contribution in [0.1, 0.15) is 65.3 Å². The van der Waals surface area contributed by atoms with E-state index in [1.165, 1.54) is 20.0 Å². The van der Waals surface area contributed by atoms with Gasteiger partial charge in [0.2, 0.25) is 0 Å². The first kappa shape index (κ1) is 15.5. The number of unbranched alkanes of at least 4 members (excludes halogenated alkanes) is 3. The number of carbonyl (C=O) groups is 2. The molecule has 112 valence electrons. The summed E-state index contributed by atoms with van der Waals surface area (Å²) < 4.78 is 4.72. The Morgan fingerprint density at radius 1 is 1.29 bits per heavy atom. The first-order valence-electron chi connectivity index (χ1n) is 7.62. The van der Waals surface area contributed by atoms with Crippen LogP contribution in [-0.4, -0.2) is 18.9 Å². The lowest BCUT2D eigenvalue weighted by molar-refractivity contribution is 0.0600. The smallest absolute Gasteiger partial charge is 0.337 e. The van der Waals surface area contributed by atoms with Crippen molar-refractivity contribution in [2.45, 2.75) is 45.4 Å². The molecule has 1 aliphatic rings. The lowest BCUT2D eigenvalue weighted by Crippen LogP contribution is -2.15. The van der Waals surface area contributed by atoms with E-state index >= 15 is 0 Å². The van der Waals surface area contributed by atoms with Crippen molar-refractivity contribution in [2.75, 3.05) is 7.11 Å². The van der Waals surface area contributed by atoms with Crippen LogP contribution in [0.3, 0.4) is 0 Å². The lowest BCUT2D eigenvalue weighted by atomic mass is 9.85. The molecule has 0 aromatic heterocycles. The molecule has 21 heavy (non-hydrogen) atoms. The maximum Gasteiger partial charge on any atom is 0.337 e. The molecular weight excluding hydrogens is 264 g/mol. The Morgan fingerprint density at radius 2 is 2.10 bits per heavy atom. The quantitative estimate of drug-likeness (QED) is 0.465.